The SMILES string of the molecule is CCCCCCC(C)OCF.CCCCCCC(OC(F)(F)C1CCC(C2CCC(F)CC2)CC1)C(F)(F)F. The molecule has 0 amide bonds. The lowest BCUT2D eigenvalue weighted by atomic mass is 9.70. The summed E-state index contributed by atoms with van der Waals surface area (Å²) in [6, 6.07) is 0. The summed E-state index contributed by atoms with van der Waals surface area (Å²) in [4.78, 5) is 0. The molecule has 2 unspecified atom stereocenters. The molecule has 2 rings (SSSR count). The molecule has 0 spiro atoms. The molecule has 0 aromatic heterocycles. The molecule has 0 aliphatic heterocycles. The van der Waals surface area contributed by atoms with Crippen LogP contribution in [0.1, 0.15) is 136 Å². The van der Waals surface area contributed by atoms with Gasteiger partial charge in [-0.1, -0.05) is 65.2 Å². The van der Waals surface area contributed by atoms with Gasteiger partial charge in [-0.2, -0.15) is 22.0 Å². The van der Waals surface area contributed by atoms with Crippen molar-refractivity contribution in [3.05, 3.63) is 0 Å². The smallest absolute Gasteiger partial charge is 0.348 e. The Morgan fingerprint density at radius 2 is 1.18 bits per heavy atom. The van der Waals surface area contributed by atoms with E-state index in [1.54, 1.807) is 0 Å². The van der Waals surface area contributed by atoms with E-state index in [2.05, 4.69) is 11.7 Å². The van der Waals surface area contributed by atoms with Gasteiger partial charge in [-0.05, 0) is 83.0 Å². The van der Waals surface area contributed by atoms with Crippen LogP contribution in [0.4, 0.5) is 30.7 Å². The minimum absolute atomic E-state index is 0.0943. The van der Waals surface area contributed by atoms with Crippen LogP contribution in [-0.2, 0) is 9.47 Å². The highest BCUT2D eigenvalue weighted by atomic mass is 19.4. The Morgan fingerprint density at radius 3 is 1.64 bits per heavy atom. The van der Waals surface area contributed by atoms with Gasteiger partial charge in [-0.25, -0.2) is 8.78 Å². The van der Waals surface area contributed by atoms with Crippen molar-refractivity contribution in [2.45, 2.75) is 167 Å². The molecule has 0 saturated heterocycles. The second kappa shape index (κ2) is 19.5. The minimum atomic E-state index is -4.78. The van der Waals surface area contributed by atoms with E-state index in [9.17, 15) is 30.7 Å². The molecule has 0 N–H and O–H groups in total. The summed E-state index contributed by atoms with van der Waals surface area (Å²) >= 11 is 0. The zero-order chi connectivity index (χ0) is 29.3. The summed E-state index contributed by atoms with van der Waals surface area (Å²) in [5, 5.41) is 0. The van der Waals surface area contributed by atoms with Crippen molar-refractivity contribution >= 4 is 0 Å². The number of halogens is 7. The van der Waals surface area contributed by atoms with Gasteiger partial charge in [0.25, 0.3) is 0 Å². The fourth-order valence-corrected chi connectivity index (χ4v) is 5.86. The quantitative estimate of drug-likeness (QED) is 0.134. The van der Waals surface area contributed by atoms with Gasteiger partial charge in [0.2, 0.25) is 0 Å². The predicted molar refractivity (Wildman–Crippen MR) is 142 cm³/mol. The molecule has 0 aromatic carbocycles. The van der Waals surface area contributed by atoms with Gasteiger partial charge in [0.1, 0.15) is 6.17 Å². The van der Waals surface area contributed by atoms with Crippen molar-refractivity contribution in [3.63, 3.8) is 0 Å². The standard InChI is InChI=1S/C21H34F6O.C9H19FO/c1-2-3-4-5-6-19(20(23,24)25)28-21(26,27)17-11-7-15(8-12-17)16-9-13-18(22)14-10-16;1-3-4-5-6-7-9(2)11-8-10/h15-19H,2-14H2,1H3;9H,3-8H2,1-2H3. The maximum Gasteiger partial charge on any atom is 0.414 e. The molecule has 0 heterocycles. The first-order valence-electron chi connectivity index (χ1n) is 15.4. The molecule has 2 aliphatic carbocycles. The first kappa shape index (κ1) is 36.5. The number of rotatable bonds is 16. The molecule has 2 fully saturated rings. The number of alkyl halides is 7. The summed E-state index contributed by atoms with van der Waals surface area (Å²) in [6.45, 7) is 5.40. The fourth-order valence-electron chi connectivity index (χ4n) is 5.86. The predicted octanol–water partition coefficient (Wildman–Crippen LogP) is 11.1. The van der Waals surface area contributed by atoms with Crippen molar-refractivity contribution < 1.29 is 40.2 Å². The normalized spacial score (nSPS) is 26.0. The van der Waals surface area contributed by atoms with Crippen LogP contribution < -0.4 is 0 Å². The maximum atomic E-state index is 14.5. The van der Waals surface area contributed by atoms with Crippen LogP contribution in [0.3, 0.4) is 0 Å². The average molecular weight is 579 g/mol. The molecule has 0 bridgehead atoms. The molecule has 2 aliphatic rings. The van der Waals surface area contributed by atoms with E-state index in [4.69, 9.17) is 4.74 Å². The van der Waals surface area contributed by atoms with Gasteiger partial charge in [-0.15, -0.1) is 0 Å². The first-order valence-corrected chi connectivity index (χ1v) is 15.4. The largest absolute Gasteiger partial charge is 0.414 e. The highest BCUT2D eigenvalue weighted by Crippen LogP contribution is 2.46. The minimum Gasteiger partial charge on any atom is -0.348 e. The highest BCUT2D eigenvalue weighted by Gasteiger charge is 2.51. The van der Waals surface area contributed by atoms with E-state index in [0.717, 1.165) is 38.5 Å². The Balaban J connectivity index is 0.000000584. The molecule has 39 heavy (non-hydrogen) atoms. The Hall–Kier alpha value is -0.570. The Kier molecular flexibility index (Phi) is 18.3. The monoisotopic (exact) mass is 578 g/mol. The molecule has 9 heteroatoms. The van der Waals surface area contributed by atoms with Crippen molar-refractivity contribution in [1.82, 2.24) is 0 Å². The number of hydrogen-bond donors (Lipinski definition) is 0. The summed E-state index contributed by atoms with van der Waals surface area (Å²) in [6.07, 6.45) is 0.524. The summed E-state index contributed by atoms with van der Waals surface area (Å²) in [7, 11) is 0. The molecule has 2 saturated carbocycles. The maximum absolute atomic E-state index is 14.5. The Morgan fingerprint density at radius 1 is 0.692 bits per heavy atom. The van der Waals surface area contributed by atoms with Crippen molar-refractivity contribution in [2.75, 3.05) is 6.86 Å². The van der Waals surface area contributed by atoms with E-state index >= 15 is 0 Å². The number of ether oxygens (including phenoxy) is 2. The third kappa shape index (κ3) is 15.3. The van der Waals surface area contributed by atoms with Crippen LogP contribution in [0.2, 0.25) is 0 Å². The van der Waals surface area contributed by atoms with Crippen molar-refractivity contribution in [2.24, 2.45) is 17.8 Å². The van der Waals surface area contributed by atoms with Crippen LogP contribution in [0.25, 0.3) is 0 Å². The lowest BCUT2D eigenvalue weighted by molar-refractivity contribution is -0.347. The van der Waals surface area contributed by atoms with E-state index in [1.807, 2.05) is 13.8 Å². The topological polar surface area (TPSA) is 18.5 Å². The molecule has 234 valence electrons. The van der Waals surface area contributed by atoms with Gasteiger partial charge in [0.15, 0.2) is 13.0 Å². The molecule has 2 nitrogen and oxygen atoms in total. The lowest BCUT2D eigenvalue weighted by Crippen LogP contribution is -2.43. The highest BCUT2D eigenvalue weighted by molar-refractivity contribution is 4.85. The summed E-state index contributed by atoms with van der Waals surface area (Å²) in [5.74, 6) is -0.516. The lowest BCUT2D eigenvalue weighted by Gasteiger charge is -2.39. The molecule has 0 aromatic rings. The second-order valence-electron chi connectivity index (χ2n) is 11.6. The first-order chi connectivity index (χ1) is 18.4. The van der Waals surface area contributed by atoms with Crippen LogP contribution >= 0.6 is 0 Å². The third-order valence-electron chi connectivity index (χ3n) is 8.41. The van der Waals surface area contributed by atoms with Gasteiger partial charge in [0.05, 0.1) is 12.0 Å². The van der Waals surface area contributed by atoms with Gasteiger partial charge in [0, 0.05) is 0 Å². The van der Waals surface area contributed by atoms with Crippen LogP contribution in [-0.4, -0.2) is 37.5 Å². The Labute approximate surface area is 232 Å². The van der Waals surface area contributed by atoms with Crippen LogP contribution in [0.15, 0.2) is 0 Å². The van der Waals surface area contributed by atoms with Gasteiger partial charge in [-0.3, -0.25) is 0 Å². The van der Waals surface area contributed by atoms with Crippen molar-refractivity contribution in [3.8, 4) is 0 Å². The van der Waals surface area contributed by atoms with E-state index in [0.29, 0.717) is 38.0 Å². The fraction of sp³-hybridized carbons (Fsp3) is 1.00. The summed E-state index contributed by atoms with van der Waals surface area (Å²) < 4.78 is 103. The van der Waals surface area contributed by atoms with Gasteiger partial charge >= 0.3 is 12.3 Å². The van der Waals surface area contributed by atoms with Crippen LogP contribution in [0.5, 0.6) is 0 Å². The van der Waals surface area contributed by atoms with Crippen LogP contribution in [0, 0.1) is 17.8 Å². The third-order valence-corrected chi connectivity index (χ3v) is 8.41. The second-order valence-corrected chi connectivity index (χ2v) is 11.6. The number of unbranched alkanes of at least 4 members (excludes halogenated alkanes) is 6. The molecule has 2 atom stereocenters. The van der Waals surface area contributed by atoms with E-state index < -0.39 is 43.8 Å². The molecular formula is C30H53F7O2. The summed E-state index contributed by atoms with van der Waals surface area (Å²) in [5.41, 5.74) is 0. The molecule has 0 radical (unpaired) electrons. The van der Waals surface area contributed by atoms with Crippen molar-refractivity contribution in [1.29, 1.82) is 0 Å². The van der Waals surface area contributed by atoms with E-state index in [1.165, 1.54) is 19.3 Å². The Bertz CT molecular complexity index is 586. The zero-order valence-electron chi connectivity index (χ0n) is 24.4. The number of hydrogen-bond acceptors (Lipinski definition) is 2. The van der Waals surface area contributed by atoms with Gasteiger partial charge < -0.3 is 9.47 Å². The van der Waals surface area contributed by atoms with E-state index in [-0.39, 0.29) is 31.3 Å². The average Bonchev–Trinajstić information content (AvgIpc) is 2.89. The molecular weight excluding hydrogens is 525 g/mol. The zero-order valence-corrected chi connectivity index (χ0v) is 24.4.